The second-order valence-corrected chi connectivity index (χ2v) is 16.4. The van der Waals surface area contributed by atoms with E-state index in [0.717, 1.165) is 6.42 Å². The monoisotopic (exact) mass is 321 g/mol. The number of nitrogens with zero attached hydrogens (tertiary/aromatic N) is 1. The number of hydrogen-bond acceptors (Lipinski definition) is 6. The lowest BCUT2D eigenvalue weighted by atomic mass is 10.2. The minimum absolute atomic E-state index is 0.225. The first-order chi connectivity index (χ1) is 7.80. The summed E-state index contributed by atoms with van der Waals surface area (Å²) in [6.45, 7) is 7.18. The standard InChI is InChI=1S/C11H15NS5/c1-8-7-9(2)14-10(3,13-8)17-11(15-8,16-9)5-4-6-12/h4-5,7H2,1-3H3. The maximum Gasteiger partial charge on any atom is 0.112 e. The van der Waals surface area contributed by atoms with Gasteiger partial charge in [0.05, 0.1) is 14.2 Å². The molecule has 94 valence electrons. The molecule has 4 saturated heterocycles. The molecule has 4 bridgehead atoms. The molecule has 0 aromatic rings. The molecule has 2 atom stereocenters. The molecule has 0 amide bonds. The van der Waals surface area contributed by atoms with E-state index in [1.807, 2.05) is 0 Å². The fraction of sp³-hybridized carbons (Fsp3) is 0.909. The van der Waals surface area contributed by atoms with E-state index in [2.05, 4.69) is 85.6 Å². The van der Waals surface area contributed by atoms with E-state index in [-0.39, 0.29) is 6.82 Å². The van der Waals surface area contributed by atoms with E-state index in [1.54, 1.807) is 0 Å². The number of nitriles is 1. The van der Waals surface area contributed by atoms with Crippen molar-refractivity contribution in [2.24, 2.45) is 0 Å². The van der Waals surface area contributed by atoms with Crippen molar-refractivity contribution in [1.29, 1.82) is 5.26 Å². The van der Waals surface area contributed by atoms with E-state index >= 15 is 0 Å². The molecule has 4 aliphatic heterocycles. The van der Waals surface area contributed by atoms with Crippen LogP contribution in [0.2, 0.25) is 0 Å². The molecule has 0 aromatic heterocycles. The van der Waals surface area contributed by atoms with Crippen LogP contribution in [0.5, 0.6) is 0 Å². The molecule has 4 heterocycles. The Kier molecular flexibility index (Phi) is 3.02. The van der Waals surface area contributed by atoms with Gasteiger partial charge in [0.2, 0.25) is 0 Å². The molecular weight excluding hydrogens is 306 g/mol. The zero-order valence-corrected chi connectivity index (χ0v) is 14.2. The predicted molar refractivity (Wildman–Crippen MR) is 85.4 cm³/mol. The molecule has 0 aliphatic carbocycles. The fourth-order valence-electron chi connectivity index (χ4n) is 2.98. The normalized spacial score (nSPS) is 55.9. The Morgan fingerprint density at radius 1 is 1.00 bits per heavy atom. The van der Waals surface area contributed by atoms with Crippen LogP contribution in [-0.2, 0) is 0 Å². The van der Waals surface area contributed by atoms with Gasteiger partial charge in [0, 0.05) is 6.42 Å². The van der Waals surface area contributed by atoms with Crippen LogP contribution in [0.3, 0.4) is 0 Å². The summed E-state index contributed by atoms with van der Waals surface area (Å²) in [6.07, 6.45) is 2.98. The Morgan fingerprint density at radius 2 is 1.59 bits per heavy atom. The third-order valence-electron chi connectivity index (χ3n) is 3.07. The van der Waals surface area contributed by atoms with Crippen molar-refractivity contribution in [3.8, 4) is 6.07 Å². The lowest BCUT2D eigenvalue weighted by Gasteiger charge is -2.65. The zero-order valence-electron chi connectivity index (χ0n) is 10.1. The summed E-state index contributed by atoms with van der Waals surface area (Å²) in [6, 6.07) is 2.33. The highest BCUT2D eigenvalue weighted by Gasteiger charge is 2.67. The summed E-state index contributed by atoms with van der Waals surface area (Å²) in [5, 5.41) is 8.87. The third-order valence-corrected chi connectivity index (χ3v) is 12.0. The van der Waals surface area contributed by atoms with Crippen molar-refractivity contribution in [3.63, 3.8) is 0 Å². The first-order valence-electron chi connectivity index (χ1n) is 5.68. The quantitative estimate of drug-likeness (QED) is 0.697. The molecule has 4 aliphatic rings. The Bertz CT molecular complexity index is 350. The van der Waals surface area contributed by atoms with Gasteiger partial charge < -0.3 is 0 Å². The minimum Gasteiger partial charge on any atom is -0.198 e. The van der Waals surface area contributed by atoms with Gasteiger partial charge in [-0.2, -0.15) is 5.26 Å². The highest BCUT2D eigenvalue weighted by atomic mass is 32.3. The molecule has 4 fully saturated rings. The van der Waals surface area contributed by atoms with Crippen molar-refractivity contribution in [2.45, 2.75) is 55.0 Å². The molecule has 0 saturated carbocycles. The topological polar surface area (TPSA) is 23.8 Å². The van der Waals surface area contributed by atoms with Crippen LogP contribution in [0.1, 0.15) is 40.0 Å². The Balaban J connectivity index is 1.96. The highest BCUT2D eigenvalue weighted by molar-refractivity contribution is 8.54. The second kappa shape index (κ2) is 3.88. The van der Waals surface area contributed by atoms with Gasteiger partial charge in [-0.3, -0.25) is 0 Å². The molecule has 0 radical (unpaired) electrons. The molecular formula is C11H15NS5. The van der Waals surface area contributed by atoms with Gasteiger partial charge in [-0.1, -0.05) is 0 Å². The number of rotatable bonds is 2. The van der Waals surface area contributed by atoms with E-state index in [1.165, 1.54) is 6.42 Å². The molecule has 0 N–H and O–H groups in total. The van der Waals surface area contributed by atoms with Crippen LogP contribution >= 0.6 is 58.8 Å². The first-order valence-corrected chi connectivity index (χ1v) is 9.76. The predicted octanol–water partition coefficient (Wildman–Crippen LogP) is 5.15. The average Bonchev–Trinajstić information content (AvgIpc) is 2.06. The molecule has 4 rings (SSSR count). The van der Waals surface area contributed by atoms with Crippen molar-refractivity contribution in [1.82, 2.24) is 0 Å². The van der Waals surface area contributed by atoms with Crippen LogP contribution in [0.4, 0.5) is 0 Å². The summed E-state index contributed by atoms with van der Waals surface area (Å²) >= 11 is 10.6. The largest absolute Gasteiger partial charge is 0.198 e. The van der Waals surface area contributed by atoms with Crippen molar-refractivity contribution >= 4 is 58.8 Å². The van der Waals surface area contributed by atoms with E-state index in [0.29, 0.717) is 14.6 Å². The first kappa shape index (κ1) is 13.2. The lowest BCUT2D eigenvalue weighted by Crippen LogP contribution is -2.54. The van der Waals surface area contributed by atoms with Crippen LogP contribution in [0.15, 0.2) is 0 Å². The van der Waals surface area contributed by atoms with Crippen LogP contribution in [-0.4, -0.2) is 15.0 Å². The number of hydrogen-bond donors (Lipinski definition) is 0. The fourth-order valence-corrected chi connectivity index (χ4v) is 20.2. The smallest absolute Gasteiger partial charge is 0.112 e. The Labute approximate surface area is 124 Å². The molecule has 0 spiro atoms. The summed E-state index contributed by atoms with van der Waals surface area (Å²) in [4.78, 5) is 0. The van der Waals surface area contributed by atoms with Crippen LogP contribution < -0.4 is 0 Å². The summed E-state index contributed by atoms with van der Waals surface area (Å²) in [5.41, 5.74) is 0. The van der Waals surface area contributed by atoms with E-state index in [9.17, 15) is 0 Å². The van der Waals surface area contributed by atoms with E-state index < -0.39 is 0 Å². The van der Waals surface area contributed by atoms with Crippen LogP contribution in [0, 0.1) is 11.3 Å². The molecule has 17 heavy (non-hydrogen) atoms. The minimum atomic E-state index is 0.225. The number of thioether (sulfide) groups is 5. The molecule has 6 heteroatoms. The highest BCUT2D eigenvalue weighted by Crippen LogP contribution is 2.85. The maximum atomic E-state index is 8.87. The van der Waals surface area contributed by atoms with Crippen molar-refractivity contribution < 1.29 is 0 Å². The summed E-state index contributed by atoms with van der Waals surface area (Å²) in [5.74, 6) is 0. The van der Waals surface area contributed by atoms with Gasteiger partial charge in [0.1, 0.15) is 6.82 Å². The van der Waals surface area contributed by atoms with Gasteiger partial charge >= 0.3 is 0 Å². The summed E-state index contributed by atoms with van der Waals surface area (Å²) < 4.78 is 1.21. The molecule has 2 unspecified atom stereocenters. The van der Waals surface area contributed by atoms with Gasteiger partial charge in [0.15, 0.2) is 0 Å². The van der Waals surface area contributed by atoms with Crippen molar-refractivity contribution in [2.75, 3.05) is 0 Å². The maximum absolute atomic E-state index is 8.87. The lowest BCUT2D eigenvalue weighted by molar-refractivity contribution is 0.682. The Hall–Kier alpha value is 1.24. The Morgan fingerprint density at radius 3 is 2.06 bits per heavy atom. The van der Waals surface area contributed by atoms with Gasteiger partial charge in [0.25, 0.3) is 0 Å². The van der Waals surface area contributed by atoms with Gasteiger partial charge in [-0.15, -0.1) is 58.8 Å². The zero-order chi connectivity index (χ0) is 12.4. The van der Waals surface area contributed by atoms with Crippen molar-refractivity contribution in [3.05, 3.63) is 0 Å². The van der Waals surface area contributed by atoms with Gasteiger partial charge in [-0.05, 0) is 33.6 Å². The molecule has 1 nitrogen and oxygen atoms in total. The van der Waals surface area contributed by atoms with Crippen LogP contribution in [0.25, 0.3) is 0 Å². The van der Waals surface area contributed by atoms with Gasteiger partial charge in [-0.25, -0.2) is 0 Å². The average molecular weight is 322 g/mol. The van der Waals surface area contributed by atoms with E-state index in [4.69, 9.17) is 5.26 Å². The molecule has 0 aromatic carbocycles. The summed E-state index contributed by atoms with van der Waals surface area (Å²) in [7, 11) is 0. The SMILES string of the molecule is CC12CC3(C)SC(C)(S1)SC(CCC#N)(S2)S3. The second-order valence-electron chi connectivity index (χ2n) is 5.16. The third kappa shape index (κ3) is 2.24.